The molecule has 0 unspecified atom stereocenters. The molecule has 0 aliphatic carbocycles. The number of ether oxygens (including phenoxy) is 1. The smallest absolute Gasteiger partial charge is 0.257 e. The number of hydrogen-bond acceptors (Lipinski definition) is 9. The molecule has 252 valence electrons. The van der Waals surface area contributed by atoms with Crippen LogP contribution in [0.4, 0.5) is 0 Å². The molecule has 3 atom stereocenters. The van der Waals surface area contributed by atoms with Gasteiger partial charge in [-0.15, -0.1) is 0 Å². The molecule has 0 radical (unpaired) electrons. The van der Waals surface area contributed by atoms with Gasteiger partial charge in [-0.05, 0) is 44.4 Å². The SMILES string of the molecule is Cc1noc(C)c1C(=O)N[C@H]1Cc2ccc(cc2)OCCNC(=O)Cn2nc(-c3ccccc3)nc2[C@H](C)NC(=O)[C@@H](C(C)C)NC1=O. The fraction of sp³-hybridized carbons (Fsp3) is 0.382. The third kappa shape index (κ3) is 8.06. The van der Waals surface area contributed by atoms with E-state index in [4.69, 9.17) is 9.26 Å². The Kier molecular flexibility index (Phi) is 10.5. The van der Waals surface area contributed by atoms with Gasteiger partial charge in [0.15, 0.2) is 5.82 Å². The van der Waals surface area contributed by atoms with E-state index in [1.807, 2.05) is 44.2 Å². The Labute approximate surface area is 278 Å². The van der Waals surface area contributed by atoms with Gasteiger partial charge in [0.05, 0.1) is 18.3 Å². The van der Waals surface area contributed by atoms with E-state index in [0.29, 0.717) is 28.9 Å². The molecule has 0 saturated carbocycles. The van der Waals surface area contributed by atoms with Crippen LogP contribution in [0.15, 0.2) is 59.1 Å². The van der Waals surface area contributed by atoms with Gasteiger partial charge in [0.2, 0.25) is 17.7 Å². The molecule has 14 nitrogen and oxygen atoms in total. The first-order valence-corrected chi connectivity index (χ1v) is 15.8. The Morgan fingerprint density at radius 3 is 2.40 bits per heavy atom. The van der Waals surface area contributed by atoms with Crippen LogP contribution in [0.1, 0.15) is 60.0 Å². The standard InChI is InChI=1S/C34H40N8O6/c1-19(2)29-34(46)36-21(4)31-39-30(24-9-7-6-8-10-24)40-42(31)18-27(43)35-15-16-47-25-13-11-23(12-14-25)17-26(32(44)38-29)37-33(45)28-20(3)41-48-22(28)5/h6-14,19,21,26,29H,15-18H2,1-5H3,(H,35,43)(H,36,46)(H,37,45)(H,38,44)/t21-,26-,29+/m0/s1. The van der Waals surface area contributed by atoms with Crippen molar-refractivity contribution in [2.75, 3.05) is 13.2 Å². The zero-order valence-corrected chi connectivity index (χ0v) is 27.6. The maximum Gasteiger partial charge on any atom is 0.257 e. The third-order valence-electron chi connectivity index (χ3n) is 7.96. The average molecular weight is 657 g/mol. The quantitative estimate of drug-likeness (QED) is 0.256. The lowest BCUT2D eigenvalue weighted by Crippen LogP contribution is -2.56. The molecule has 4 aromatic rings. The highest BCUT2D eigenvalue weighted by Crippen LogP contribution is 2.20. The van der Waals surface area contributed by atoms with E-state index >= 15 is 0 Å². The number of rotatable bonds is 4. The normalized spacial score (nSPS) is 19.5. The average Bonchev–Trinajstić information content (AvgIpc) is 3.64. The molecular formula is C34H40N8O6. The molecule has 2 aliphatic heterocycles. The van der Waals surface area contributed by atoms with Gasteiger partial charge >= 0.3 is 0 Å². The van der Waals surface area contributed by atoms with E-state index in [1.165, 1.54) is 4.68 Å². The summed E-state index contributed by atoms with van der Waals surface area (Å²) in [6, 6.07) is 13.7. The summed E-state index contributed by atoms with van der Waals surface area (Å²) < 4.78 is 12.4. The number of fused-ring (bicyclic) bond motifs is 14. The molecule has 4 heterocycles. The molecule has 14 heteroatoms. The van der Waals surface area contributed by atoms with Crippen molar-refractivity contribution in [2.45, 2.75) is 65.7 Å². The number of nitrogens with one attached hydrogen (secondary N) is 4. The van der Waals surface area contributed by atoms with Crippen LogP contribution in [0.5, 0.6) is 5.75 Å². The molecule has 0 fully saturated rings. The van der Waals surface area contributed by atoms with Crippen LogP contribution in [0.3, 0.4) is 0 Å². The minimum absolute atomic E-state index is 0.130. The lowest BCUT2D eigenvalue weighted by atomic mass is 10.00. The lowest BCUT2D eigenvalue weighted by Gasteiger charge is -2.26. The van der Waals surface area contributed by atoms with E-state index in [2.05, 4.69) is 36.5 Å². The fourth-order valence-corrected chi connectivity index (χ4v) is 5.41. The summed E-state index contributed by atoms with van der Waals surface area (Å²) in [5, 5.41) is 19.9. The summed E-state index contributed by atoms with van der Waals surface area (Å²) in [5.74, 6) is -0.490. The molecule has 2 bridgehead atoms. The summed E-state index contributed by atoms with van der Waals surface area (Å²) in [6.07, 6.45) is 0.130. The highest BCUT2D eigenvalue weighted by molar-refractivity contribution is 5.99. The Bertz CT molecular complexity index is 1750. The van der Waals surface area contributed by atoms with Crippen LogP contribution in [0.25, 0.3) is 11.4 Å². The van der Waals surface area contributed by atoms with Gasteiger partial charge in [-0.1, -0.05) is 61.5 Å². The van der Waals surface area contributed by atoms with E-state index in [-0.39, 0.29) is 43.5 Å². The van der Waals surface area contributed by atoms with Crippen LogP contribution in [0.2, 0.25) is 0 Å². The number of aromatic nitrogens is 4. The minimum atomic E-state index is -1.04. The Morgan fingerprint density at radius 2 is 1.73 bits per heavy atom. The first kappa shape index (κ1) is 33.8. The van der Waals surface area contributed by atoms with Gasteiger partial charge in [-0.25, -0.2) is 9.67 Å². The molecule has 2 aromatic carbocycles. The molecule has 2 aromatic heterocycles. The number of carbonyl (C=O) groups is 4. The number of hydrogen-bond donors (Lipinski definition) is 4. The molecule has 6 rings (SSSR count). The highest BCUT2D eigenvalue weighted by Gasteiger charge is 2.32. The van der Waals surface area contributed by atoms with Gasteiger partial charge < -0.3 is 30.5 Å². The van der Waals surface area contributed by atoms with Crippen LogP contribution in [-0.2, 0) is 27.3 Å². The van der Waals surface area contributed by atoms with Crippen molar-refractivity contribution in [3.63, 3.8) is 0 Å². The summed E-state index contributed by atoms with van der Waals surface area (Å²) in [7, 11) is 0. The second kappa shape index (κ2) is 14.9. The van der Waals surface area contributed by atoms with Crippen molar-refractivity contribution in [2.24, 2.45) is 5.92 Å². The van der Waals surface area contributed by atoms with Crippen molar-refractivity contribution in [3.8, 4) is 17.1 Å². The van der Waals surface area contributed by atoms with Crippen molar-refractivity contribution in [1.29, 1.82) is 0 Å². The summed E-state index contributed by atoms with van der Waals surface area (Å²) in [4.78, 5) is 58.6. The number of amides is 4. The molecule has 48 heavy (non-hydrogen) atoms. The van der Waals surface area contributed by atoms with Gasteiger partial charge in [-0.2, -0.15) is 5.10 Å². The Balaban J connectivity index is 1.46. The zero-order valence-electron chi connectivity index (χ0n) is 27.6. The molecule has 2 aliphatic rings. The molecule has 4 N–H and O–H groups in total. The van der Waals surface area contributed by atoms with E-state index in [9.17, 15) is 19.2 Å². The minimum Gasteiger partial charge on any atom is -0.492 e. The Morgan fingerprint density at radius 1 is 1.00 bits per heavy atom. The molecule has 0 spiro atoms. The van der Waals surface area contributed by atoms with Crippen molar-refractivity contribution in [1.82, 2.24) is 41.2 Å². The molecule has 4 amide bonds. The third-order valence-corrected chi connectivity index (χ3v) is 7.96. The van der Waals surface area contributed by atoms with E-state index < -0.39 is 35.8 Å². The number of nitrogens with zero attached hydrogens (tertiary/aromatic N) is 4. The summed E-state index contributed by atoms with van der Waals surface area (Å²) >= 11 is 0. The van der Waals surface area contributed by atoms with Gasteiger partial charge in [0, 0.05) is 12.0 Å². The maximum absolute atomic E-state index is 13.9. The van der Waals surface area contributed by atoms with Crippen LogP contribution < -0.4 is 26.0 Å². The number of benzene rings is 2. The zero-order chi connectivity index (χ0) is 34.4. The maximum atomic E-state index is 13.9. The van der Waals surface area contributed by atoms with Gasteiger partial charge in [0.1, 0.15) is 48.1 Å². The van der Waals surface area contributed by atoms with Gasteiger partial charge in [-0.3, -0.25) is 19.2 Å². The molecular weight excluding hydrogens is 616 g/mol. The first-order chi connectivity index (χ1) is 23.0. The second-order valence-electron chi connectivity index (χ2n) is 12.0. The van der Waals surface area contributed by atoms with Crippen molar-refractivity contribution >= 4 is 23.6 Å². The van der Waals surface area contributed by atoms with Gasteiger partial charge in [0.25, 0.3) is 5.91 Å². The summed E-state index contributed by atoms with van der Waals surface area (Å²) in [5.41, 5.74) is 2.14. The second-order valence-corrected chi connectivity index (χ2v) is 12.0. The van der Waals surface area contributed by atoms with Crippen molar-refractivity contribution in [3.05, 3.63) is 83.0 Å². The monoisotopic (exact) mass is 656 g/mol. The van der Waals surface area contributed by atoms with Crippen LogP contribution in [0, 0.1) is 19.8 Å². The largest absolute Gasteiger partial charge is 0.492 e. The molecule has 0 saturated heterocycles. The van der Waals surface area contributed by atoms with Crippen LogP contribution in [-0.4, -0.2) is 68.8 Å². The highest BCUT2D eigenvalue weighted by atomic mass is 16.5. The lowest BCUT2D eigenvalue weighted by molar-refractivity contribution is -0.131. The fourth-order valence-electron chi connectivity index (χ4n) is 5.41. The number of carbonyl (C=O) groups excluding carboxylic acids is 4. The topological polar surface area (TPSA) is 182 Å². The van der Waals surface area contributed by atoms with E-state index in [1.54, 1.807) is 45.0 Å². The van der Waals surface area contributed by atoms with Crippen LogP contribution >= 0.6 is 0 Å². The van der Waals surface area contributed by atoms with Crippen molar-refractivity contribution < 1.29 is 28.4 Å². The predicted octanol–water partition coefficient (Wildman–Crippen LogP) is 2.42. The Hall–Kier alpha value is -5.53. The number of aryl methyl sites for hydroxylation is 2. The first-order valence-electron chi connectivity index (χ1n) is 15.8. The summed E-state index contributed by atoms with van der Waals surface area (Å²) in [6.45, 7) is 8.95. The predicted molar refractivity (Wildman–Crippen MR) is 175 cm³/mol. The van der Waals surface area contributed by atoms with E-state index in [0.717, 1.165) is 11.1 Å².